The zero-order valence-electron chi connectivity index (χ0n) is 15.4. The third-order valence-electron chi connectivity index (χ3n) is 5.55. The Morgan fingerprint density at radius 2 is 1.89 bits per heavy atom. The number of benzene rings is 1. The van der Waals surface area contributed by atoms with Gasteiger partial charge in [-0.3, -0.25) is 9.48 Å². The first kappa shape index (κ1) is 19.0. The van der Waals surface area contributed by atoms with Gasteiger partial charge in [-0.25, -0.2) is 0 Å². The minimum Gasteiger partial charge on any atom is -0.311 e. The molecule has 8 heteroatoms. The van der Waals surface area contributed by atoms with E-state index in [4.69, 9.17) is 0 Å². The maximum absolute atomic E-state index is 13.5. The van der Waals surface area contributed by atoms with Gasteiger partial charge in [0.15, 0.2) is 0 Å². The van der Waals surface area contributed by atoms with Gasteiger partial charge in [0.1, 0.15) is 5.82 Å². The normalized spacial score (nSPS) is 22.5. The molecule has 2 saturated carbocycles. The summed E-state index contributed by atoms with van der Waals surface area (Å²) in [5.74, 6) is -9.72. The topological polar surface area (TPSA) is 46.9 Å². The molecule has 1 aromatic carbocycles. The molecule has 1 aromatic heterocycles. The number of nitrogens with zero attached hydrogens (tertiary/aromatic N) is 2. The lowest BCUT2D eigenvalue weighted by Crippen LogP contribution is -2.59. The summed E-state index contributed by atoms with van der Waals surface area (Å²) in [6, 6.07) is 9.78. The van der Waals surface area contributed by atoms with E-state index >= 15 is 0 Å². The summed E-state index contributed by atoms with van der Waals surface area (Å²) in [6.07, 6.45) is 0.954. The molecule has 1 N–H and O–H groups in total. The van der Waals surface area contributed by atoms with Crippen molar-refractivity contribution in [3.8, 4) is 0 Å². The lowest BCUT2D eigenvalue weighted by Gasteiger charge is -2.43. The molecule has 1 amide bonds. The molecule has 28 heavy (non-hydrogen) atoms. The van der Waals surface area contributed by atoms with Gasteiger partial charge in [0.2, 0.25) is 5.91 Å². The Morgan fingerprint density at radius 3 is 2.46 bits per heavy atom. The molecule has 4 nitrogen and oxygen atoms in total. The highest BCUT2D eigenvalue weighted by atomic mass is 19.3. The summed E-state index contributed by atoms with van der Waals surface area (Å²) in [5.41, 5.74) is 2.84. The Balaban J connectivity index is 1.51. The number of hydrogen-bond donors (Lipinski definition) is 1. The lowest BCUT2D eigenvalue weighted by molar-refractivity contribution is -0.313. The summed E-state index contributed by atoms with van der Waals surface area (Å²) in [4.78, 5) is 12.3. The number of carbonyl (C=O) groups excluding carboxylic acids is 1. The SMILES string of the molecule is Cn1nc(Cc2ccccc2)c(C2CC2)c1NC(=O)C[C@@H]1CC(F)(F)C1(F)F. The van der Waals surface area contributed by atoms with E-state index in [-0.39, 0.29) is 5.92 Å². The van der Waals surface area contributed by atoms with Crippen LogP contribution in [0.1, 0.15) is 48.4 Å². The van der Waals surface area contributed by atoms with Gasteiger partial charge < -0.3 is 5.32 Å². The van der Waals surface area contributed by atoms with Crippen molar-refractivity contribution in [1.82, 2.24) is 9.78 Å². The van der Waals surface area contributed by atoms with Crippen LogP contribution in [0.2, 0.25) is 0 Å². The van der Waals surface area contributed by atoms with Crippen LogP contribution in [0.3, 0.4) is 0 Å². The maximum atomic E-state index is 13.5. The highest BCUT2D eigenvalue weighted by molar-refractivity contribution is 5.91. The van der Waals surface area contributed by atoms with E-state index in [1.807, 2.05) is 30.3 Å². The highest BCUT2D eigenvalue weighted by Gasteiger charge is 2.71. The van der Waals surface area contributed by atoms with Crippen LogP contribution in [-0.4, -0.2) is 27.5 Å². The number of aromatic nitrogens is 2. The fourth-order valence-electron chi connectivity index (χ4n) is 3.81. The predicted molar refractivity (Wildman–Crippen MR) is 95.7 cm³/mol. The van der Waals surface area contributed by atoms with Crippen molar-refractivity contribution in [1.29, 1.82) is 0 Å². The predicted octanol–water partition coefficient (Wildman–Crippen LogP) is 4.51. The first-order chi connectivity index (χ1) is 13.2. The maximum Gasteiger partial charge on any atom is 0.313 e. The van der Waals surface area contributed by atoms with Crippen LogP contribution in [0.25, 0.3) is 0 Å². The molecular formula is C20H21F4N3O. The summed E-state index contributed by atoms with van der Waals surface area (Å²) >= 11 is 0. The third kappa shape index (κ3) is 3.29. The molecule has 2 aromatic rings. The van der Waals surface area contributed by atoms with Crippen LogP contribution >= 0.6 is 0 Å². The Labute approximate surface area is 159 Å². The second-order valence-electron chi connectivity index (χ2n) is 7.75. The first-order valence-electron chi connectivity index (χ1n) is 9.34. The average Bonchev–Trinajstić information content (AvgIpc) is 3.41. The van der Waals surface area contributed by atoms with Gasteiger partial charge in [-0.2, -0.15) is 22.7 Å². The molecule has 0 bridgehead atoms. The number of nitrogens with one attached hydrogen (secondary N) is 1. The molecule has 1 atom stereocenters. The van der Waals surface area contributed by atoms with Gasteiger partial charge in [0, 0.05) is 37.8 Å². The standard InChI is InChI=1S/C20H21F4N3O/c1-27-18(25-16(28)10-14-11-19(21,22)20(14,23)24)17(13-7-8-13)15(26-27)9-12-5-3-2-4-6-12/h2-6,13-14H,7-11H2,1H3,(H,25,28)/t14-/m1/s1. The van der Waals surface area contributed by atoms with Crippen molar-refractivity contribution in [2.24, 2.45) is 13.0 Å². The van der Waals surface area contributed by atoms with E-state index in [1.165, 1.54) is 4.68 Å². The van der Waals surface area contributed by atoms with Gasteiger partial charge in [0.05, 0.1) is 5.69 Å². The number of rotatable bonds is 6. The monoisotopic (exact) mass is 395 g/mol. The van der Waals surface area contributed by atoms with Crippen molar-refractivity contribution in [2.45, 2.75) is 49.9 Å². The summed E-state index contributed by atoms with van der Waals surface area (Å²) in [7, 11) is 1.68. The number of aryl methyl sites for hydroxylation is 1. The Kier molecular flexibility index (Phi) is 4.47. The van der Waals surface area contributed by atoms with Crippen LogP contribution in [0.15, 0.2) is 30.3 Å². The van der Waals surface area contributed by atoms with E-state index in [2.05, 4.69) is 10.4 Å². The van der Waals surface area contributed by atoms with Crippen LogP contribution in [0.5, 0.6) is 0 Å². The van der Waals surface area contributed by atoms with E-state index in [0.29, 0.717) is 12.2 Å². The quantitative estimate of drug-likeness (QED) is 0.732. The molecule has 2 aliphatic rings. The Bertz CT molecular complexity index is 890. The van der Waals surface area contributed by atoms with Crippen molar-refractivity contribution < 1.29 is 22.4 Å². The molecule has 2 fully saturated rings. The fraction of sp³-hybridized carbons (Fsp3) is 0.500. The van der Waals surface area contributed by atoms with E-state index < -0.39 is 36.5 Å². The van der Waals surface area contributed by atoms with E-state index in [9.17, 15) is 22.4 Å². The van der Waals surface area contributed by atoms with Gasteiger partial charge in [-0.1, -0.05) is 30.3 Å². The van der Waals surface area contributed by atoms with Crippen molar-refractivity contribution in [3.63, 3.8) is 0 Å². The van der Waals surface area contributed by atoms with E-state index in [1.54, 1.807) is 7.05 Å². The van der Waals surface area contributed by atoms with Gasteiger partial charge in [-0.15, -0.1) is 0 Å². The highest BCUT2D eigenvalue weighted by Crippen LogP contribution is 2.56. The number of amides is 1. The van der Waals surface area contributed by atoms with Crippen molar-refractivity contribution >= 4 is 11.7 Å². The van der Waals surface area contributed by atoms with Crippen LogP contribution in [0.4, 0.5) is 23.4 Å². The number of hydrogen-bond acceptors (Lipinski definition) is 2. The van der Waals surface area contributed by atoms with Gasteiger partial charge in [-0.05, 0) is 24.3 Å². The Hall–Kier alpha value is -2.38. The molecule has 0 saturated heterocycles. The average molecular weight is 395 g/mol. The Morgan fingerprint density at radius 1 is 1.21 bits per heavy atom. The molecule has 150 valence electrons. The zero-order chi connectivity index (χ0) is 20.1. The third-order valence-corrected chi connectivity index (χ3v) is 5.55. The molecule has 4 rings (SSSR count). The first-order valence-corrected chi connectivity index (χ1v) is 9.34. The lowest BCUT2D eigenvalue weighted by atomic mass is 9.74. The van der Waals surface area contributed by atoms with Crippen molar-refractivity contribution in [3.05, 3.63) is 47.2 Å². The molecule has 2 aliphatic carbocycles. The van der Waals surface area contributed by atoms with Crippen molar-refractivity contribution in [2.75, 3.05) is 5.32 Å². The smallest absolute Gasteiger partial charge is 0.311 e. The molecular weight excluding hydrogens is 374 g/mol. The largest absolute Gasteiger partial charge is 0.313 e. The van der Waals surface area contributed by atoms with Crippen LogP contribution in [-0.2, 0) is 18.3 Å². The van der Waals surface area contributed by atoms with Gasteiger partial charge in [0.25, 0.3) is 0 Å². The van der Waals surface area contributed by atoms with Crippen LogP contribution < -0.4 is 5.32 Å². The summed E-state index contributed by atoms with van der Waals surface area (Å²) in [6.45, 7) is 0. The fourth-order valence-corrected chi connectivity index (χ4v) is 3.81. The van der Waals surface area contributed by atoms with Gasteiger partial charge >= 0.3 is 11.8 Å². The zero-order valence-corrected chi connectivity index (χ0v) is 15.4. The molecule has 0 spiro atoms. The number of anilines is 1. The molecule has 0 radical (unpaired) electrons. The molecule has 1 heterocycles. The number of alkyl halides is 4. The minimum atomic E-state index is -4.13. The summed E-state index contributed by atoms with van der Waals surface area (Å²) in [5, 5.41) is 7.17. The molecule has 0 aliphatic heterocycles. The van der Waals surface area contributed by atoms with Crippen LogP contribution in [0, 0.1) is 5.92 Å². The van der Waals surface area contributed by atoms with E-state index in [0.717, 1.165) is 29.7 Å². The number of halogens is 4. The second-order valence-corrected chi connectivity index (χ2v) is 7.75. The second kappa shape index (κ2) is 6.60. The minimum absolute atomic E-state index is 0.275. The summed E-state index contributed by atoms with van der Waals surface area (Å²) < 4.78 is 54.5. The number of carbonyl (C=O) groups is 1. The molecule has 0 unspecified atom stereocenters.